The smallest absolute Gasteiger partial charge is 0.315 e. The van der Waals surface area contributed by atoms with Crippen LogP contribution in [0.4, 0.5) is 4.79 Å². The number of hydrogen-bond acceptors (Lipinski definition) is 3. The van der Waals surface area contributed by atoms with Crippen molar-refractivity contribution in [3.05, 3.63) is 67.6 Å². The summed E-state index contributed by atoms with van der Waals surface area (Å²) in [6, 6.07) is 10.5. The Bertz CT molecular complexity index is 866. The Morgan fingerprint density at radius 2 is 1.86 bits per heavy atom. The maximum atomic E-state index is 12.1. The van der Waals surface area contributed by atoms with Gasteiger partial charge in [0.2, 0.25) is 0 Å². The molecular formula is C20H21Cl4N3O2. The van der Waals surface area contributed by atoms with E-state index in [-0.39, 0.29) is 12.1 Å². The molecule has 1 aliphatic rings. The number of morpholine rings is 1. The molecule has 3 rings (SSSR count). The highest BCUT2D eigenvalue weighted by atomic mass is 35.5. The van der Waals surface area contributed by atoms with Gasteiger partial charge in [0.25, 0.3) is 0 Å². The fourth-order valence-corrected chi connectivity index (χ4v) is 3.85. The van der Waals surface area contributed by atoms with Crippen molar-refractivity contribution in [3.8, 4) is 0 Å². The molecule has 0 radical (unpaired) electrons. The first-order valence-corrected chi connectivity index (χ1v) is 10.7. The molecule has 0 saturated carbocycles. The maximum Gasteiger partial charge on any atom is 0.315 e. The van der Waals surface area contributed by atoms with Crippen LogP contribution in [0.5, 0.6) is 0 Å². The predicted octanol–water partition coefficient (Wildman–Crippen LogP) is 5.00. The van der Waals surface area contributed by atoms with Gasteiger partial charge in [-0.05, 0) is 35.4 Å². The highest BCUT2D eigenvalue weighted by Crippen LogP contribution is 2.24. The molecule has 1 atom stereocenters. The Kier molecular flexibility index (Phi) is 8.30. The van der Waals surface area contributed by atoms with E-state index in [1.54, 1.807) is 24.3 Å². The zero-order valence-corrected chi connectivity index (χ0v) is 18.6. The summed E-state index contributed by atoms with van der Waals surface area (Å²) in [6.07, 6.45) is -0.0867. The van der Waals surface area contributed by atoms with Crippen LogP contribution in [0.2, 0.25) is 20.1 Å². The first kappa shape index (κ1) is 22.5. The molecule has 2 aromatic carbocycles. The summed E-state index contributed by atoms with van der Waals surface area (Å²) in [4.78, 5) is 14.4. The van der Waals surface area contributed by atoms with Crippen molar-refractivity contribution in [2.45, 2.75) is 19.2 Å². The van der Waals surface area contributed by atoms with E-state index in [0.29, 0.717) is 46.3 Å². The highest BCUT2D eigenvalue weighted by Gasteiger charge is 2.21. The number of hydrogen-bond donors (Lipinski definition) is 2. The normalized spacial score (nSPS) is 17.2. The average molecular weight is 477 g/mol. The fourth-order valence-electron chi connectivity index (χ4n) is 3.05. The van der Waals surface area contributed by atoms with Crippen LogP contribution in [0.25, 0.3) is 0 Å². The largest absolute Gasteiger partial charge is 0.374 e. The van der Waals surface area contributed by atoms with Crippen molar-refractivity contribution in [1.82, 2.24) is 15.5 Å². The monoisotopic (exact) mass is 475 g/mol. The molecule has 0 bridgehead atoms. The van der Waals surface area contributed by atoms with E-state index in [1.807, 2.05) is 12.1 Å². The topological polar surface area (TPSA) is 53.6 Å². The van der Waals surface area contributed by atoms with Gasteiger partial charge in [0.15, 0.2) is 0 Å². The molecule has 1 aliphatic heterocycles. The number of halogens is 4. The zero-order chi connectivity index (χ0) is 20.8. The Balaban J connectivity index is 1.42. The molecule has 9 heteroatoms. The van der Waals surface area contributed by atoms with Crippen LogP contribution in [-0.4, -0.2) is 43.3 Å². The van der Waals surface area contributed by atoms with Gasteiger partial charge >= 0.3 is 6.03 Å². The number of ether oxygens (including phenoxy) is 1. The average Bonchev–Trinajstić information content (AvgIpc) is 2.69. The van der Waals surface area contributed by atoms with Crippen molar-refractivity contribution in [1.29, 1.82) is 0 Å². The highest BCUT2D eigenvalue weighted by molar-refractivity contribution is 6.42. The number of carbonyl (C=O) groups is 1. The number of rotatable bonds is 6. The maximum absolute atomic E-state index is 12.1. The van der Waals surface area contributed by atoms with Crippen LogP contribution >= 0.6 is 46.4 Å². The van der Waals surface area contributed by atoms with Crippen LogP contribution in [0.3, 0.4) is 0 Å². The third-order valence-electron chi connectivity index (χ3n) is 4.56. The molecule has 0 aromatic heterocycles. The van der Waals surface area contributed by atoms with E-state index in [2.05, 4.69) is 15.5 Å². The molecule has 0 spiro atoms. The lowest BCUT2D eigenvalue weighted by atomic mass is 10.2. The van der Waals surface area contributed by atoms with Crippen molar-refractivity contribution >= 4 is 52.4 Å². The Morgan fingerprint density at radius 1 is 1.03 bits per heavy atom. The Hall–Kier alpha value is -1.21. The van der Waals surface area contributed by atoms with E-state index >= 15 is 0 Å². The summed E-state index contributed by atoms with van der Waals surface area (Å²) < 4.78 is 5.77. The molecule has 156 valence electrons. The second-order valence-corrected chi connectivity index (χ2v) is 8.43. The number of nitrogens with zero attached hydrogens (tertiary/aromatic N) is 1. The fraction of sp³-hybridized carbons (Fsp3) is 0.350. The molecule has 1 fully saturated rings. The van der Waals surface area contributed by atoms with Gasteiger partial charge < -0.3 is 15.4 Å². The number of urea groups is 1. The van der Waals surface area contributed by atoms with Gasteiger partial charge in [-0.3, -0.25) is 4.90 Å². The molecule has 2 N–H and O–H groups in total. The molecule has 29 heavy (non-hydrogen) atoms. The summed E-state index contributed by atoms with van der Waals surface area (Å²) in [5.41, 5.74) is 1.89. The molecule has 0 unspecified atom stereocenters. The van der Waals surface area contributed by atoms with Crippen molar-refractivity contribution in [3.63, 3.8) is 0 Å². The minimum atomic E-state index is -0.277. The van der Waals surface area contributed by atoms with Gasteiger partial charge in [0.05, 0.1) is 22.8 Å². The van der Waals surface area contributed by atoms with Gasteiger partial charge in [-0.15, -0.1) is 0 Å². The third kappa shape index (κ3) is 6.92. The number of amides is 2. The second kappa shape index (κ2) is 10.7. The minimum Gasteiger partial charge on any atom is -0.374 e. The summed E-state index contributed by atoms with van der Waals surface area (Å²) >= 11 is 24.1. The van der Waals surface area contributed by atoms with E-state index in [1.165, 1.54) is 0 Å². The van der Waals surface area contributed by atoms with Gasteiger partial charge in [0.1, 0.15) is 0 Å². The molecule has 0 aliphatic carbocycles. The summed E-state index contributed by atoms with van der Waals surface area (Å²) in [5.74, 6) is 0. The van der Waals surface area contributed by atoms with Gasteiger partial charge in [-0.1, -0.05) is 58.5 Å². The van der Waals surface area contributed by atoms with Crippen LogP contribution in [-0.2, 0) is 17.8 Å². The second-order valence-electron chi connectivity index (χ2n) is 6.78. The van der Waals surface area contributed by atoms with Crippen molar-refractivity contribution in [2.75, 3.05) is 26.2 Å². The third-order valence-corrected chi connectivity index (χ3v) is 5.88. The van der Waals surface area contributed by atoms with Gasteiger partial charge in [-0.25, -0.2) is 4.79 Å². The zero-order valence-electron chi connectivity index (χ0n) is 15.6. The minimum absolute atomic E-state index is 0.0867. The molecular weight excluding hydrogens is 456 g/mol. The molecule has 1 heterocycles. The predicted molar refractivity (Wildman–Crippen MR) is 118 cm³/mol. The van der Waals surface area contributed by atoms with Gasteiger partial charge in [0, 0.05) is 42.8 Å². The first-order chi connectivity index (χ1) is 13.9. The Morgan fingerprint density at radius 3 is 2.62 bits per heavy atom. The summed E-state index contributed by atoms with van der Waals surface area (Å²) in [6.45, 7) is 3.62. The molecule has 2 amide bonds. The molecule has 1 saturated heterocycles. The first-order valence-electron chi connectivity index (χ1n) is 9.14. The SMILES string of the molecule is O=C(NCc1ccc(Cl)cc1Cl)NC[C@H]1CN(Cc2ccc(Cl)c(Cl)c2)CCO1. The van der Waals surface area contributed by atoms with Crippen LogP contribution in [0, 0.1) is 0 Å². The van der Waals surface area contributed by atoms with Crippen molar-refractivity contribution in [2.24, 2.45) is 0 Å². The van der Waals surface area contributed by atoms with Crippen LogP contribution in [0.1, 0.15) is 11.1 Å². The summed E-state index contributed by atoms with van der Waals surface area (Å²) in [7, 11) is 0. The van der Waals surface area contributed by atoms with Gasteiger partial charge in [-0.2, -0.15) is 0 Å². The lowest BCUT2D eigenvalue weighted by molar-refractivity contribution is -0.0287. The van der Waals surface area contributed by atoms with Crippen molar-refractivity contribution < 1.29 is 9.53 Å². The Labute approximate surface area is 190 Å². The number of carbonyl (C=O) groups excluding carboxylic acids is 1. The van der Waals surface area contributed by atoms with E-state index < -0.39 is 0 Å². The van der Waals surface area contributed by atoms with Crippen LogP contribution in [0.15, 0.2) is 36.4 Å². The summed E-state index contributed by atoms with van der Waals surface area (Å²) in [5, 5.41) is 7.81. The van der Waals surface area contributed by atoms with E-state index in [9.17, 15) is 4.79 Å². The number of nitrogens with one attached hydrogen (secondary N) is 2. The standard InChI is InChI=1S/C20H21Cl4N3O2/c21-15-3-2-14(18(23)8-15)9-25-20(28)26-10-16-12-27(5-6-29-16)11-13-1-4-17(22)19(24)7-13/h1-4,7-8,16H,5-6,9-12H2,(H2,25,26,28)/t16-/m0/s1. The lowest BCUT2D eigenvalue weighted by Gasteiger charge is -2.33. The molecule has 5 nitrogen and oxygen atoms in total. The van der Waals surface area contributed by atoms with Crippen LogP contribution < -0.4 is 10.6 Å². The van der Waals surface area contributed by atoms with E-state index in [4.69, 9.17) is 51.1 Å². The number of benzene rings is 2. The van der Waals surface area contributed by atoms with E-state index in [0.717, 1.165) is 24.2 Å². The quantitative estimate of drug-likeness (QED) is 0.616. The lowest BCUT2D eigenvalue weighted by Crippen LogP contribution is -2.48. The molecule has 2 aromatic rings.